The Balaban J connectivity index is 0.00000261. The maximum Gasteiger partial charge on any atom is 0.373 e. The Hall–Kier alpha value is -2.26. The number of hydrogen-bond donors (Lipinski definition) is 1. The highest BCUT2D eigenvalue weighted by atomic mass is 127. The Morgan fingerprint density at radius 1 is 1.11 bits per heavy atom. The molecule has 7 heteroatoms. The van der Waals surface area contributed by atoms with Gasteiger partial charge in [-0.3, -0.25) is 9.69 Å². The van der Waals surface area contributed by atoms with E-state index in [9.17, 15) is 14.7 Å². The number of aromatic nitrogens is 1. The van der Waals surface area contributed by atoms with E-state index in [4.69, 9.17) is 0 Å². The quantitative estimate of drug-likeness (QED) is 0.423. The fourth-order valence-electron chi connectivity index (χ4n) is 2.75. The largest absolute Gasteiger partial charge is 1.00 e. The second-order valence-electron chi connectivity index (χ2n) is 5.83. The first kappa shape index (κ1) is 21.0. The fraction of sp³-hybridized carbons (Fsp3) is 0.150. The SMILES string of the molecule is CC(=O)N(/C=C/c1sc2ccccc2[n+]1C(C)C(=O)O)c1ccccc1.[I-]. The molecule has 0 radical (unpaired) electrons. The molecule has 1 aromatic heterocycles. The summed E-state index contributed by atoms with van der Waals surface area (Å²) in [5.74, 6) is -1.02. The number of carboxylic acid groups (broad SMARTS) is 1. The highest BCUT2D eigenvalue weighted by molar-refractivity contribution is 7.18. The van der Waals surface area contributed by atoms with Gasteiger partial charge in [-0.25, -0.2) is 4.79 Å². The molecule has 3 aromatic rings. The van der Waals surface area contributed by atoms with Gasteiger partial charge in [0.2, 0.25) is 11.4 Å². The highest BCUT2D eigenvalue weighted by Gasteiger charge is 2.29. The third-order valence-electron chi connectivity index (χ3n) is 4.06. The minimum atomic E-state index is -0.903. The molecule has 0 saturated heterocycles. The van der Waals surface area contributed by atoms with Gasteiger partial charge < -0.3 is 29.1 Å². The van der Waals surface area contributed by atoms with Crippen molar-refractivity contribution in [1.29, 1.82) is 0 Å². The van der Waals surface area contributed by atoms with Crippen molar-refractivity contribution < 1.29 is 43.2 Å². The normalized spacial score (nSPS) is 11.9. The molecule has 1 atom stereocenters. The molecule has 0 saturated carbocycles. The van der Waals surface area contributed by atoms with Crippen molar-refractivity contribution in [1.82, 2.24) is 0 Å². The van der Waals surface area contributed by atoms with Gasteiger partial charge in [-0.1, -0.05) is 41.7 Å². The number of hydrogen-bond acceptors (Lipinski definition) is 3. The molecule has 1 unspecified atom stereocenters. The van der Waals surface area contributed by atoms with Crippen LogP contribution in [0.4, 0.5) is 5.69 Å². The Morgan fingerprint density at radius 3 is 2.37 bits per heavy atom. The lowest BCUT2D eigenvalue weighted by Crippen LogP contribution is -3.00. The van der Waals surface area contributed by atoms with Crippen molar-refractivity contribution in [3.05, 3.63) is 65.8 Å². The second kappa shape index (κ2) is 9.09. The van der Waals surface area contributed by atoms with Crippen LogP contribution in [0.1, 0.15) is 24.9 Å². The molecule has 2 aromatic carbocycles. The molecule has 5 nitrogen and oxygen atoms in total. The van der Waals surface area contributed by atoms with Crippen LogP contribution in [-0.2, 0) is 9.59 Å². The van der Waals surface area contributed by atoms with Crippen LogP contribution in [0.3, 0.4) is 0 Å². The van der Waals surface area contributed by atoms with E-state index in [1.807, 2.05) is 54.6 Å². The molecule has 1 N–H and O–H groups in total. The maximum atomic E-state index is 12.0. The predicted molar refractivity (Wildman–Crippen MR) is 103 cm³/mol. The van der Waals surface area contributed by atoms with Gasteiger partial charge in [0.15, 0.2) is 0 Å². The van der Waals surface area contributed by atoms with Crippen molar-refractivity contribution in [3.8, 4) is 0 Å². The van der Waals surface area contributed by atoms with E-state index in [2.05, 4.69) is 0 Å². The summed E-state index contributed by atoms with van der Waals surface area (Å²) in [7, 11) is 0. The molecule has 27 heavy (non-hydrogen) atoms. The smallest absolute Gasteiger partial charge is 0.373 e. The van der Waals surface area contributed by atoms with Gasteiger partial charge in [0.05, 0.1) is 0 Å². The van der Waals surface area contributed by atoms with Crippen LogP contribution in [-0.4, -0.2) is 17.0 Å². The van der Waals surface area contributed by atoms with E-state index in [1.165, 1.54) is 18.3 Å². The summed E-state index contributed by atoms with van der Waals surface area (Å²) in [6.07, 6.45) is 3.48. The summed E-state index contributed by atoms with van der Waals surface area (Å²) >= 11 is 1.49. The third kappa shape index (κ3) is 4.54. The number of aliphatic carboxylic acids is 1. The Morgan fingerprint density at radius 2 is 1.74 bits per heavy atom. The van der Waals surface area contributed by atoms with E-state index in [-0.39, 0.29) is 29.9 Å². The Labute approximate surface area is 178 Å². The molecule has 0 aliphatic carbocycles. The zero-order valence-electron chi connectivity index (χ0n) is 14.9. The topological polar surface area (TPSA) is 61.5 Å². The summed E-state index contributed by atoms with van der Waals surface area (Å²) in [4.78, 5) is 25.1. The molecular formula is C20H19IN2O3S. The lowest BCUT2D eigenvalue weighted by Gasteiger charge is -2.15. The summed E-state index contributed by atoms with van der Waals surface area (Å²) in [6.45, 7) is 3.15. The van der Waals surface area contributed by atoms with Crippen LogP contribution in [0.5, 0.6) is 0 Å². The first-order chi connectivity index (χ1) is 12.5. The van der Waals surface area contributed by atoms with Gasteiger partial charge in [0.1, 0.15) is 4.70 Å². The van der Waals surface area contributed by atoms with Crippen molar-refractivity contribution in [3.63, 3.8) is 0 Å². The number of fused-ring (bicyclic) bond motifs is 1. The lowest BCUT2D eigenvalue weighted by atomic mass is 10.2. The van der Waals surface area contributed by atoms with Crippen LogP contribution in [0.2, 0.25) is 0 Å². The van der Waals surface area contributed by atoms with E-state index < -0.39 is 12.0 Å². The lowest BCUT2D eigenvalue weighted by molar-refractivity contribution is -0.680. The molecule has 0 bridgehead atoms. The zero-order chi connectivity index (χ0) is 18.7. The van der Waals surface area contributed by atoms with E-state index in [0.717, 1.165) is 20.9 Å². The van der Waals surface area contributed by atoms with E-state index in [1.54, 1.807) is 28.7 Å². The minimum absolute atomic E-state index is 0. The monoisotopic (exact) mass is 494 g/mol. The van der Waals surface area contributed by atoms with Crippen LogP contribution in [0.15, 0.2) is 60.8 Å². The maximum absolute atomic E-state index is 12.0. The van der Waals surface area contributed by atoms with Crippen LogP contribution < -0.4 is 33.4 Å². The van der Waals surface area contributed by atoms with Crippen molar-refractivity contribution >= 4 is 45.2 Å². The molecule has 140 valence electrons. The Bertz CT molecular complexity index is 985. The van der Waals surface area contributed by atoms with Gasteiger partial charge in [-0.15, -0.1) is 0 Å². The summed E-state index contributed by atoms with van der Waals surface area (Å²) in [6, 6.07) is 16.3. The summed E-state index contributed by atoms with van der Waals surface area (Å²) in [5.41, 5.74) is 1.62. The standard InChI is InChI=1S/C20H18N2O3S.HI/c1-14(20(24)25)22-17-10-6-7-11-18(17)26-19(22)12-13-21(15(2)23)16-8-4-3-5-9-16;/h3-14H,1-2H3;1H. The molecule has 0 aliphatic heterocycles. The van der Waals surface area contributed by atoms with Crippen molar-refractivity contribution in [2.75, 3.05) is 4.90 Å². The first-order valence-electron chi connectivity index (χ1n) is 8.18. The number of carbonyl (C=O) groups excluding carboxylic acids is 1. The van der Waals surface area contributed by atoms with Crippen molar-refractivity contribution in [2.45, 2.75) is 19.9 Å². The molecule has 0 fully saturated rings. The number of para-hydroxylation sites is 2. The van der Waals surface area contributed by atoms with Gasteiger partial charge in [-0.2, -0.15) is 4.57 Å². The number of rotatable bonds is 5. The zero-order valence-corrected chi connectivity index (χ0v) is 17.8. The number of benzene rings is 2. The first-order valence-corrected chi connectivity index (χ1v) is 8.99. The third-order valence-corrected chi connectivity index (χ3v) is 5.17. The minimum Gasteiger partial charge on any atom is -1.00 e. The van der Waals surface area contributed by atoms with Crippen LogP contribution in [0.25, 0.3) is 16.3 Å². The number of carboxylic acids is 1. The fourth-order valence-corrected chi connectivity index (χ4v) is 3.87. The molecule has 1 heterocycles. The van der Waals surface area contributed by atoms with Crippen LogP contribution in [0, 0.1) is 0 Å². The molecular weight excluding hydrogens is 475 g/mol. The summed E-state index contributed by atoms with van der Waals surface area (Å²) in [5, 5.41) is 10.2. The molecule has 0 spiro atoms. The predicted octanol–water partition coefficient (Wildman–Crippen LogP) is 0.862. The van der Waals surface area contributed by atoms with E-state index >= 15 is 0 Å². The average molecular weight is 494 g/mol. The number of thiazole rings is 1. The Kier molecular flexibility index (Phi) is 7.09. The highest BCUT2D eigenvalue weighted by Crippen LogP contribution is 2.24. The number of halogens is 1. The average Bonchev–Trinajstić information content (AvgIpc) is 3.00. The van der Waals surface area contributed by atoms with Gasteiger partial charge in [0.25, 0.3) is 11.0 Å². The van der Waals surface area contributed by atoms with E-state index in [0.29, 0.717) is 0 Å². The van der Waals surface area contributed by atoms with Crippen molar-refractivity contribution in [2.24, 2.45) is 0 Å². The number of nitrogens with zero attached hydrogens (tertiary/aromatic N) is 2. The molecule has 0 aliphatic rings. The number of anilines is 1. The second-order valence-corrected chi connectivity index (χ2v) is 6.89. The summed E-state index contributed by atoms with van der Waals surface area (Å²) < 4.78 is 2.77. The van der Waals surface area contributed by atoms with Gasteiger partial charge in [0, 0.05) is 37.9 Å². The number of carbonyl (C=O) groups is 2. The van der Waals surface area contributed by atoms with Gasteiger partial charge >= 0.3 is 5.97 Å². The number of amides is 1. The van der Waals surface area contributed by atoms with Gasteiger partial charge in [-0.05, 0) is 18.2 Å². The molecule has 3 rings (SSSR count). The molecule has 1 amide bonds. The van der Waals surface area contributed by atoms with Crippen LogP contribution >= 0.6 is 11.3 Å².